The molecule has 0 aromatic heterocycles. The predicted octanol–water partition coefficient (Wildman–Crippen LogP) is 1.89. The highest BCUT2D eigenvalue weighted by Gasteiger charge is 2.37. The van der Waals surface area contributed by atoms with Crippen molar-refractivity contribution in [1.82, 2.24) is 15.1 Å². The lowest BCUT2D eigenvalue weighted by Crippen LogP contribution is -2.44. The molecule has 1 aromatic carbocycles. The fraction of sp³-hybridized carbons (Fsp3) is 0.429. The summed E-state index contributed by atoms with van der Waals surface area (Å²) in [6.07, 6.45) is 0. The molecule has 0 spiro atoms. The Hall–Kier alpha value is -1.89. The van der Waals surface area contributed by atoms with Gasteiger partial charge in [0.25, 0.3) is 0 Å². The summed E-state index contributed by atoms with van der Waals surface area (Å²) in [5, 5.41) is 2.59. The summed E-state index contributed by atoms with van der Waals surface area (Å²) >= 11 is 1.70. The molecule has 4 amide bonds. The van der Waals surface area contributed by atoms with Gasteiger partial charge in [0.1, 0.15) is 11.1 Å². The van der Waals surface area contributed by atoms with Crippen LogP contribution in [0.25, 0.3) is 0 Å². The van der Waals surface area contributed by atoms with Crippen LogP contribution in [0.5, 0.6) is 5.75 Å². The average Bonchev–Trinajstić information content (AvgIpc) is 3.15. The number of rotatable bonds is 2. The van der Waals surface area contributed by atoms with Crippen LogP contribution in [0.1, 0.15) is 10.9 Å². The quantitative estimate of drug-likeness (QED) is 0.906. The van der Waals surface area contributed by atoms with Crippen molar-refractivity contribution in [2.75, 3.05) is 32.5 Å². The fourth-order valence-corrected chi connectivity index (χ4v) is 3.79. The third-order valence-corrected chi connectivity index (χ3v) is 4.86. The van der Waals surface area contributed by atoms with Gasteiger partial charge in [0.05, 0.1) is 7.11 Å². The van der Waals surface area contributed by atoms with Crippen molar-refractivity contribution in [3.63, 3.8) is 0 Å². The second kappa shape index (κ2) is 5.85. The summed E-state index contributed by atoms with van der Waals surface area (Å²) in [7, 11) is 1.62. The topological polar surface area (TPSA) is 61.9 Å². The van der Waals surface area contributed by atoms with Gasteiger partial charge in [0.15, 0.2) is 0 Å². The Morgan fingerprint density at radius 1 is 1.43 bits per heavy atom. The molecule has 0 saturated carbocycles. The van der Waals surface area contributed by atoms with Crippen LogP contribution in [0.3, 0.4) is 0 Å². The molecule has 1 unspecified atom stereocenters. The molecule has 21 heavy (non-hydrogen) atoms. The third-order valence-electron chi connectivity index (χ3n) is 3.60. The Labute approximate surface area is 127 Å². The minimum absolute atomic E-state index is 0.0685. The molecule has 7 heteroatoms. The number of nitrogens with zero attached hydrogens (tertiary/aromatic N) is 2. The highest BCUT2D eigenvalue weighted by atomic mass is 32.2. The average molecular weight is 307 g/mol. The maximum atomic E-state index is 12.5. The highest BCUT2D eigenvalue weighted by molar-refractivity contribution is 7.99. The van der Waals surface area contributed by atoms with Crippen LogP contribution < -0.4 is 10.1 Å². The van der Waals surface area contributed by atoms with Gasteiger partial charge in [0.2, 0.25) is 0 Å². The molecule has 2 heterocycles. The standard InChI is InChI=1S/C14H17N3O3S/c1-20-11-4-2-3-10(9-11)12-16(7-8-21-12)14(19)17-6-5-15-13(17)18/h2-4,9,12H,5-8H2,1H3,(H,15,18). The zero-order chi connectivity index (χ0) is 14.8. The van der Waals surface area contributed by atoms with Crippen LogP contribution in [-0.4, -0.2) is 54.4 Å². The van der Waals surface area contributed by atoms with E-state index < -0.39 is 0 Å². The summed E-state index contributed by atoms with van der Waals surface area (Å²) in [6.45, 7) is 1.61. The van der Waals surface area contributed by atoms with E-state index in [0.29, 0.717) is 19.6 Å². The molecular formula is C14H17N3O3S. The van der Waals surface area contributed by atoms with E-state index in [1.807, 2.05) is 24.3 Å². The molecule has 3 rings (SSSR count). The molecular weight excluding hydrogens is 290 g/mol. The highest BCUT2D eigenvalue weighted by Crippen LogP contribution is 2.39. The minimum Gasteiger partial charge on any atom is -0.497 e. The van der Waals surface area contributed by atoms with Gasteiger partial charge in [-0.25, -0.2) is 14.5 Å². The third kappa shape index (κ3) is 2.65. The lowest BCUT2D eigenvalue weighted by atomic mass is 10.2. The minimum atomic E-state index is -0.304. The monoisotopic (exact) mass is 307 g/mol. The van der Waals surface area contributed by atoms with E-state index in [0.717, 1.165) is 17.1 Å². The van der Waals surface area contributed by atoms with E-state index in [1.54, 1.807) is 23.8 Å². The number of carbonyl (C=O) groups excluding carboxylic acids is 2. The molecule has 1 aromatic rings. The second-order valence-electron chi connectivity index (χ2n) is 4.86. The number of benzene rings is 1. The molecule has 0 aliphatic carbocycles. The largest absolute Gasteiger partial charge is 0.497 e. The van der Waals surface area contributed by atoms with Gasteiger partial charge in [-0.05, 0) is 17.7 Å². The Morgan fingerprint density at radius 2 is 2.29 bits per heavy atom. The van der Waals surface area contributed by atoms with Crippen molar-refractivity contribution >= 4 is 23.8 Å². The maximum Gasteiger partial charge on any atom is 0.329 e. The molecule has 2 aliphatic rings. The summed E-state index contributed by atoms with van der Waals surface area (Å²) in [5.74, 6) is 1.63. The van der Waals surface area contributed by atoms with Crippen molar-refractivity contribution in [3.05, 3.63) is 29.8 Å². The number of ether oxygens (including phenoxy) is 1. The van der Waals surface area contributed by atoms with Crippen LogP contribution in [0.2, 0.25) is 0 Å². The SMILES string of the molecule is COc1cccc(C2SCCN2C(=O)N2CCNC2=O)c1. The van der Waals surface area contributed by atoms with Crippen LogP contribution in [0.4, 0.5) is 9.59 Å². The molecule has 112 valence electrons. The van der Waals surface area contributed by atoms with Gasteiger partial charge in [-0.3, -0.25) is 0 Å². The molecule has 1 N–H and O–H groups in total. The van der Waals surface area contributed by atoms with E-state index in [-0.39, 0.29) is 17.4 Å². The number of methoxy groups -OCH3 is 1. The van der Waals surface area contributed by atoms with Crippen LogP contribution in [0.15, 0.2) is 24.3 Å². The number of imide groups is 1. The first-order valence-corrected chi connectivity index (χ1v) is 7.87. The maximum absolute atomic E-state index is 12.5. The van der Waals surface area contributed by atoms with Crippen LogP contribution >= 0.6 is 11.8 Å². The van der Waals surface area contributed by atoms with Crippen molar-refractivity contribution in [1.29, 1.82) is 0 Å². The summed E-state index contributed by atoms with van der Waals surface area (Å²) < 4.78 is 5.24. The van der Waals surface area contributed by atoms with E-state index in [1.165, 1.54) is 4.90 Å². The first-order valence-electron chi connectivity index (χ1n) is 6.82. The van der Waals surface area contributed by atoms with Gasteiger partial charge >= 0.3 is 12.1 Å². The smallest absolute Gasteiger partial charge is 0.329 e. The summed E-state index contributed by atoms with van der Waals surface area (Å²) in [6, 6.07) is 7.19. The molecule has 0 bridgehead atoms. The van der Waals surface area contributed by atoms with Gasteiger partial charge in [0, 0.05) is 25.4 Å². The van der Waals surface area contributed by atoms with Crippen molar-refractivity contribution in [3.8, 4) is 5.75 Å². The number of carbonyl (C=O) groups is 2. The second-order valence-corrected chi connectivity index (χ2v) is 6.05. The first-order chi connectivity index (χ1) is 10.2. The molecule has 0 radical (unpaired) electrons. The van der Waals surface area contributed by atoms with Crippen molar-refractivity contribution < 1.29 is 14.3 Å². The number of thioether (sulfide) groups is 1. The molecule has 2 fully saturated rings. The summed E-state index contributed by atoms with van der Waals surface area (Å²) in [4.78, 5) is 27.2. The Morgan fingerprint density at radius 3 is 3.00 bits per heavy atom. The van der Waals surface area contributed by atoms with E-state index >= 15 is 0 Å². The number of hydrogen-bond acceptors (Lipinski definition) is 4. The molecule has 2 aliphatic heterocycles. The lowest BCUT2D eigenvalue weighted by molar-refractivity contribution is 0.165. The first kappa shape index (κ1) is 14.1. The van der Waals surface area contributed by atoms with Crippen molar-refractivity contribution in [2.45, 2.75) is 5.37 Å². The number of urea groups is 2. The summed E-state index contributed by atoms with van der Waals surface area (Å²) in [5.41, 5.74) is 1.02. The molecule has 1 atom stereocenters. The van der Waals surface area contributed by atoms with Gasteiger partial charge < -0.3 is 15.0 Å². The van der Waals surface area contributed by atoms with Gasteiger partial charge in [-0.1, -0.05) is 12.1 Å². The number of amides is 4. The Balaban J connectivity index is 1.81. The molecule has 2 saturated heterocycles. The zero-order valence-corrected chi connectivity index (χ0v) is 12.6. The lowest BCUT2D eigenvalue weighted by Gasteiger charge is -2.27. The van der Waals surface area contributed by atoms with Gasteiger partial charge in [-0.2, -0.15) is 0 Å². The number of nitrogens with one attached hydrogen (secondary N) is 1. The van der Waals surface area contributed by atoms with E-state index in [2.05, 4.69) is 5.32 Å². The Kier molecular flexibility index (Phi) is 3.92. The predicted molar refractivity (Wildman–Crippen MR) is 80.4 cm³/mol. The van der Waals surface area contributed by atoms with Crippen LogP contribution in [-0.2, 0) is 0 Å². The Bertz CT molecular complexity index is 566. The molecule has 6 nitrogen and oxygen atoms in total. The van der Waals surface area contributed by atoms with Crippen LogP contribution in [0, 0.1) is 0 Å². The zero-order valence-electron chi connectivity index (χ0n) is 11.7. The fourth-order valence-electron chi connectivity index (χ4n) is 2.55. The van der Waals surface area contributed by atoms with Crippen molar-refractivity contribution in [2.24, 2.45) is 0 Å². The van der Waals surface area contributed by atoms with E-state index in [9.17, 15) is 9.59 Å². The van der Waals surface area contributed by atoms with Gasteiger partial charge in [-0.15, -0.1) is 11.8 Å². The number of hydrogen-bond donors (Lipinski definition) is 1. The van der Waals surface area contributed by atoms with E-state index in [4.69, 9.17) is 4.74 Å². The normalized spacial score (nSPS) is 21.6.